The molecule has 0 aliphatic heterocycles. The summed E-state index contributed by atoms with van der Waals surface area (Å²) in [5.74, 6) is 0. The van der Waals surface area contributed by atoms with E-state index in [4.69, 9.17) is 0 Å². The maximum Gasteiger partial charge on any atom is 0.215 e. The monoisotopic (exact) mass is 234 g/mol. The first-order chi connectivity index (χ1) is 6.96. The Bertz CT molecular complexity index is 291. The van der Waals surface area contributed by atoms with Gasteiger partial charge in [0.2, 0.25) is 10.0 Å². The minimum absolute atomic E-state index is 0.138. The molecule has 5 heteroatoms. The average Bonchev–Trinajstić information content (AvgIpc) is 2.12. The second-order valence-corrected chi connectivity index (χ2v) is 6.60. The van der Waals surface area contributed by atoms with Gasteiger partial charge in [-0.2, -0.15) is 0 Å². The van der Waals surface area contributed by atoms with Crippen molar-refractivity contribution in [2.24, 2.45) is 0 Å². The van der Waals surface area contributed by atoms with Crippen LogP contribution in [0.4, 0.5) is 0 Å². The van der Waals surface area contributed by atoms with Crippen LogP contribution in [0.25, 0.3) is 0 Å². The molecule has 2 N–H and O–H groups in total. The number of hydrogen-bond donors (Lipinski definition) is 2. The quantitative estimate of drug-likeness (QED) is 0.716. The Morgan fingerprint density at radius 3 is 2.33 bits per heavy atom. The molecule has 0 bridgehead atoms. The summed E-state index contributed by atoms with van der Waals surface area (Å²) < 4.78 is 26.7. The molecule has 90 valence electrons. The molecule has 0 heterocycles. The van der Waals surface area contributed by atoms with Crippen molar-refractivity contribution in [2.45, 2.75) is 50.3 Å². The predicted molar refractivity (Wildman–Crippen MR) is 62.3 cm³/mol. The van der Waals surface area contributed by atoms with Gasteiger partial charge in [-0.15, -0.1) is 0 Å². The third-order valence-corrected chi connectivity index (χ3v) is 5.31. The summed E-state index contributed by atoms with van der Waals surface area (Å²) in [7, 11) is -1.40. The summed E-state index contributed by atoms with van der Waals surface area (Å²) in [5, 5.41) is 2.53. The highest BCUT2D eigenvalue weighted by atomic mass is 32.2. The Labute approximate surface area is 92.9 Å². The van der Waals surface area contributed by atoms with Crippen molar-refractivity contribution in [1.29, 1.82) is 0 Å². The van der Waals surface area contributed by atoms with Crippen molar-refractivity contribution in [3.63, 3.8) is 0 Å². The van der Waals surface area contributed by atoms with Crippen molar-refractivity contribution >= 4 is 10.0 Å². The third kappa shape index (κ3) is 2.92. The van der Waals surface area contributed by atoms with Gasteiger partial charge in [0.05, 0.1) is 5.25 Å². The molecular formula is C10H22N2O2S. The number of sulfonamides is 1. The molecule has 15 heavy (non-hydrogen) atoms. The van der Waals surface area contributed by atoms with Gasteiger partial charge in [-0.3, -0.25) is 0 Å². The van der Waals surface area contributed by atoms with Crippen molar-refractivity contribution < 1.29 is 8.42 Å². The van der Waals surface area contributed by atoms with Crippen molar-refractivity contribution in [1.82, 2.24) is 10.0 Å². The van der Waals surface area contributed by atoms with E-state index in [0.29, 0.717) is 6.54 Å². The fourth-order valence-corrected chi connectivity index (χ4v) is 3.47. The number of hydrogen-bond acceptors (Lipinski definition) is 3. The zero-order chi connectivity index (χ0) is 11.5. The lowest BCUT2D eigenvalue weighted by Crippen LogP contribution is -2.55. The molecule has 1 rings (SSSR count). The minimum atomic E-state index is -3.17. The topological polar surface area (TPSA) is 58.2 Å². The molecule has 0 aromatic heterocycles. The summed E-state index contributed by atoms with van der Waals surface area (Å²) in [6.45, 7) is 4.28. The fourth-order valence-electron chi connectivity index (χ4n) is 1.93. The Morgan fingerprint density at radius 1 is 1.40 bits per heavy atom. The lowest BCUT2D eigenvalue weighted by atomic mass is 9.76. The summed E-state index contributed by atoms with van der Waals surface area (Å²) in [4.78, 5) is 0. The lowest BCUT2D eigenvalue weighted by Gasteiger charge is -2.42. The van der Waals surface area contributed by atoms with Crippen LogP contribution in [0.1, 0.15) is 39.5 Å². The molecule has 0 aromatic carbocycles. The maximum absolute atomic E-state index is 11.9. The first-order valence-electron chi connectivity index (χ1n) is 5.63. The molecule has 0 amide bonds. The SMILES string of the molecule is CCC1(NS(=O)(=O)C(C)CNC)CCC1. The van der Waals surface area contributed by atoms with E-state index in [1.807, 2.05) is 6.92 Å². The van der Waals surface area contributed by atoms with E-state index in [1.165, 1.54) is 0 Å². The normalized spacial score (nSPS) is 22.1. The van der Waals surface area contributed by atoms with E-state index in [1.54, 1.807) is 14.0 Å². The van der Waals surface area contributed by atoms with E-state index in [2.05, 4.69) is 10.0 Å². The molecule has 1 unspecified atom stereocenters. The standard InChI is InChI=1S/C10H22N2O2S/c1-4-10(6-5-7-10)12-15(13,14)9(2)8-11-3/h9,11-12H,4-8H2,1-3H3. The zero-order valence-electron chi connectivity index (χ0n) is 9.84. The first kappa shape index (κ1) is 12.9. The highest BCUT2D eigenvalue weighted by molar-refractivity contribution is 7.90. The summed E-state index contributed by atoms with van der Waals surface area (Å²) in [6, 6.07) is 0. The van der Waals surface area contributed by atoms with Crippen molar-refractivity contribution in [3.05, 3.63) is 0 Å². The Hall–Kier alpha value is -0.130. The van der Waals surface area contributed by atoms with Gasteiger partial charge in [-0.05, 0) is 39.7 Å². The van der Waals surface area contributed by atoms with Crippen LogP contribution in [0.15, 0.2) is 0 Å². The molecule has 1 atom stereocenters. The Balaban J connectivity index is 2.63. The van der Waals surface area contributed by atoms with Crippen LogP contribution in [-0.4, -0.2) is 32.8 Å². The van der Waals surface area contributed by atoms with E-state index in [-0.39, 0.29) is 10.8 Å². The highest BCUT2D eigenvalue weighted by Gasteiger charge is 2.39. The Kier molecular flexibility index (Phi) is 4.14. The molecular weight excluding hydrogens is 212 g/mol. The number of rotatable bonds is 6. The van der Waals surface area contributed by atoms with Crippen molar-refractivity contribution in [3.8, 4) is 0 Å². The molecule has 1 fully saturated rings. The molecule has 1 aliphatic rings. The van der Waals surface area contributed by atoms with E-state index >= 15 is 0 Å². The minimum Gasteiger partial charge on any atom is -0.318 e. The van der Waals surface area contributed by atoms with Crippen molar-refractivity contribution in [2.75, 3.05) is 13.6 Å². The van der Waals surface area contributed by atoms with E-state index in [0.717, 1.165) is 25.7 Å². The van der Waals surface area contributed by atoms with Crippen LogP contribution in [0, 0.1) is 0 Å². The van der Waals surface area contributed by atoms with Crippen LogP contribution in [0.5, 0.6) is 0 Å². The van der Waals surface area contributed by atoms with Gasteiger partial charge in [0.25, 0.3) is 0 Å². The zero-order valence-corrected chi connectivity index (χ0v) is 10.7. The highest BCUT2D eigenvalue weighted by Crippen LogP contribution is 2.35. The molecule has 0 spiro atoms. The van der Waals surface area contributed by atoms with Crippen LogP contribution < -0.4 is 10.0 Å². The Morgan fingerprint density at radius 2 is 2.00 bits per heavy atom. The molecule has 0 aromatic rings. The van der Waals surface area contributed by atoms with Crippen LogP contribution >= 0.6 is 0 Å². The number of nitrogens with one attached hydrogen (secondary N) is 2. The lowest BCUT2D eigenvalue weighted by molar-refractivity contribution is 0.213. The molecule has 0 saturated heterocycles. The average molecular weight is 234 g/mol. The molecule has 4 nitrogen and oxygen atoms in total. The van der Waals surface area contributed by atoms with Gasteiger partial charge in [-0.25, -0.2) is 13.1 Å². The van der Waals surface area contributed by atoms with Crippen LogP contribution in [0.2, 0.25) is 0 Å². The van der Waals surface area contributed by atoms with Gasteiger partial charge in [0.15, 0.2) is 0 Å². The van der Waals surface area contributed by atoms with Gasteiger partial charge in [-0.1, -0.05) is 6.92 Å². The molecule has 1 saturated carbocycles. The van der Waals surface area contributed by atoms with Gasteiger partial charge < -0.3 is 5.32 Å². The largest absolute Gasteiger partial charge is 0.318 e. The smallest absolute Gasteiger partial charge is 0.215 e. The maximum atomic E-state index is 11.9. The van der Waals surface area contributed by atoms with Crippen LogP contribution in [-0.2, 0) is 10.0 Å². The molecule has 1 aliphatic carbocycles. The summed E-state index contributed by atoms with van der Waals surface area (Å²) >= 11 is 0. The van der Waals surface area contributed by atoms with Gasteiger partial charge in [0, 0.05) is 12.1 Å². The van der Waals surface area contributed by atoms with E-state index < -0.39 is 10.0 Å². The van der Waals surface area contributed by atoms with E-state index in [9.17, 15) is 8.42 Å². The summed E-state index contributed by atoms with van der Waals surface area (Å²) in [5.41, 5.74) is -0.138. The fraction of sp³-hybridized carbons (Fsp3) is 1.00. The second kappa shape index (κ2) is 4.80. The molecule has 0 radical (unpaired) electrons. The van der Waals surface area contributed by atoms with Crippen LogP contribution in [0.3, 0.4) is 0 Å². The summed E-state index contributed by atoms with van der Waals surface area (Å²) in [6.07, 6.45) is 3.99. The van der Waals surface area contributed by atoms with Gasteiger partial charge >= 0.3 is 0 Å². The first-order valence-corrected chi connectivity index (χ1v) is 7.18. The third-order valence-electron chi connectivity index (χ3n) is 3.37. The second-order valence-electron chi connectivity index (χ2n) is 4.50. The predicted octanol–water partition coefficient (Wildman–Crippen LogP) is 0.846. The van der Waals surface area contributed by atoms with Gasteiger partial charge in [0.1, 0.15) is 0 Å².